The molecule has 0 atom stereocenters. The molecule has 0 spiro atoms. The largest absolute Gasteiger partial charge is 0.383 e. The van der Waals surface area contributed by atoms with E-state index in [4.69, 9.17) is 4.74 Å². The van der Waals surface area contributed by atoms with E-state index in [9.17, 15) is 14.4 Å². The summed E-state index contributed by atoms with van der Waals surface area (Å²) < 4.78 is 4.89. The summed E-state index contributed by atoms with van der Waals surface area (Å²) in [6.07, 6.45) is 0. The highest BCUT2D eigenvalue weighted by atomic mass is 16.5. The van der Waals surface area contributed by atoms with Crippen molar-refractivity contribution in [2.24, 2.45) is 0 Å². The minimum atomic E-state index is -0.857. The van der Waals surface area contributed by atoms with Gasteiger partial charge in [0.2, 0.25) is 0 Å². The zero-order chi connectivity index (χ0) is 12.1. The highest BCUT2D eigenvalue weighted by Gasteiger charge is 2.36. The average Bonchev–Trinajstić information content (AvgIpc) is 2.48. The molecule has 0 saturated carbocycles. The van der Waals surface area contributed by atoms with Crippen LogP contribution < -0.4 is 5.32 Å². The number of methoxy groups -OCH3 is 1. The van der Waals surface area contributed by atoms with Crippen molar-refractivity contribution in [2.45, 2.75) is 0 Å². The van der Waals surface area contributed by atoms with E-state index in [2.05, 4.69) is 0 Å². The van der Waals surface area contributed by atoms with E-state index in [-0.39, 0.29) is 6.54 Å². The van der Waals surface area contributed by atoms with Crippen molar-refractivity contribution in [3.8, 4) is 0 Å². The maximum atomic E-state index is 11.2. The third kappa shape index (κ3) is 3.01. The number of amides is 4. The maximum Gasteiger partial charge on any atom is 0.331 e. The second kappa shape index (κ2) is 5.57. The summed E-state index contributed by atoms with van der Waals surface area (Å²) in [5, 5.41) is 1.94. The van der Waals surface area contributed by atoms with Crippen LogP contribution in [0.15, 0.2) is 0 Å². The summed E-state index contributed by atoms with van der Waals surface area (Å²) in [6, 6.07) is -0.643. The molecule has 0 aromatic carbocycles. The number of likely N-dealkylation sites (N-methyl/N-ethyl adjacent to an activating group) is 1. The molecule has 4 amide bonds. The molecule has 1 aliphatic rings. The molecule has 7 heteroatoms. The SMILES string of the molecule is COCCN(C)CCN1C(=O)NC(=O)C1=O. The number of imide groups is 2. The minimum Gasteiger partial charge on any atom is -0.383 e. The summed E-state index contributed by atoms with van der Waals surface area (Å²) >= 11 is 0. The van der Waals surface area contributed by atoms with Crippen LogP contribution in [0.3, 0.4) is 0 Å². The van der Waals surface area contributed by atoms with Crippen molar-refractivity contribution in [3.63, 3.8) is 0 Å². The zero-order valence-corrected chi connectivity index (χ0v) is 9.36. The van der Waals surface area contributed by atoms with Gasteiger partial charge in [-0.3, -0.25) is 19.8 Å². The van der Waals surface area contributed by atoms with Gasteiger partial charge in [0, 0.05) is 26.7 Å². The molecule has 0 radical (unpaired) electrons. The lowest BCUT2D eigenvalue weighted by molar-refractivity contribution is -0.140. The van der Waals surface area contributed by atoms with Crippen LogP contribution in [0.25, 0.3) is 0 Å². The molecule has 90 valence electrons. The molecule has 0 aromatic rings. The topological polar surface area (TPSA) is 79.0 Å². The van der Waals surface area contributed by atoms with Crippen LogP contribution in [0.5, 0.6) is 0 Å². The smallest absolute Gasteiger partial charge is 0.331 e. The predicted octanol–water partition coefficient (Wildman–Crippen LogP) is -1.36. The molecule has 0 bridgehead atoms. The number of hydrogen-bond acceptors (Lipinski definition) is 5. The third-order valence-electron chi connectivity index (χ3n) is 2.29. The van der Waals surface area contributed by atoms with Crippen LogP contribution in [0.1, 0.15) is 0 Å². The Morgan fingerprint density at radius 2 is 2.00 bits per heavy atom. The molecule has 16 heavy (non-hydrogen) atoms. The first-order chi connectivity index (χ1) is 7.56. The van der Waals surface area contributed by atoms with Gasteiger partial charge < -0.3 is 9.64 Å². The molecule has 0 aromatic heterocycles. The van der Waals surface area contributed by atoms with Crippen LogP contribution >= 0.6 is 0 Å². The Morgan fingerprint density at radius 1 is 1.31 bits per heavy atom. The molecule has 1 N–H and O–H groups in total. The van der Waals surface area contributed by atoms with Crippen molar-refractivity contribution >= 4 is 17.8 Å². The molecular formula is C9H15N3O4. The van der Waals surface area contributed by atoms with E-state index in [1.54, 1.807) is 7.11 Å². The lowest BCUT2D eigenvalue weighted by Gasteiger charge is -2.18. The molecule has 1 fully saturated rings. The average molecular weight is 229 g/mol. The standard InChI is InChI=1S/C9H15N3O4/c1-11(5-6-16-2)3-4-12-8(14)7(13)10-9(12)15/h3-6H2,1-2H3,(H,10,13,15). The Labute approximate surface area is 93.3 Å². The normalized spacial score (nSPS) is 16.2. The molecule has 1 saturated heterocycles. The Kier molecular flexibility index (Phi) is 4.39. The van der Waals surface area contributed by atoms with Crippen LogP contribution in [0.4, 0.5) is 4.79 Å². The van der Waals surface area contributed by atoms with Crippen LogP contribution in [0, 0.1) is 0 Å². The summed E-state index contributed by atoms with van der Waals surface area (Å²) in [5.41, 5.74) is 0. The van der Waals surface area contributed by atoms with E-state index < -0.39 is 17.8 Å². The third-order valence-corrected chi connectivity index (χ3v) is 2.29. The van der Waals surface area contributed by atoms with E-state index in [1.807, 2.05) is 17.3 Å². The van der Waals surface area contributed by atoms with Gasteiger partial charge in [0.1, 0.15) is 0 Å². The quantitative estimate of drug-likeness (QED) is 0.449. The van der Waals surface area contributed by atoms with Gasteiger partial charge in [0.15, 0.2) is 0 Å². The van der Waals surface area contributed by atoms with Crippen LogP contribution in [-0.2, 0) is 14.3 Å². The number of carbonyl (C=O) groups is 3. The first kappa shape index (κ1) is 12.6. The number of carbonyl (C=O) groups excluding carboxylic acids is 3. The van der Waals surface area contributed by atoms with Gasteiger partial charge in [-0.1, -0.05) is 0 Å². The van der Waals surface area contributed by atoms with E-state index in [1.165, 1.54) is 0 Å². The lowest BCUT2D eigenvalue weighted by atomic mass is 10.4. The predicted molar refractivity (Wildman–Crippen MR) is 54.6 cm³/mol. The Hall–Kier alpha value is -1.47. The van der Waals surface area contributed by atoms with Gasteiger partial charge in [0.05, 0.1) is 6.61 Å². The number of hydrogen-bond donors (Lipinski definition) is 1. The fraction of sp³-hybridized carbons (Fsp3) is 0.667. The molecule has 1 rings (SSSR count). The highest BCUT2D eigenvalue weighted by molar-refractivity contribution is 6.44. The van der Waals surface area contributed by atoms with Gasteiger partial charge >= 0.3 is 17.8 Å². The van der Waals surface area contributed by atoms with Crippen molar-refractivity contribution in [3.05, 3.63) is 0 Å². The van der Waals surface area contributed by atoms with Crippen molar-refractivity contribution in [2.75, 3.05) is 40.4 Å². The van der Waals surface area contributed by atoms with Crippen molar-refractivity contribution in [1.82, 2.24) is 15.1 Å². The van der Waals surface area contributed by atoms with Gasteiger partial charge in [-0.15, -0.1) is 0 Å². The minimum absolute atomic E-state index is 0.205. The molecule has 1 aliphatic heterocycles. The van der Waals surface area contributed by atoms with Crippen molar-refractivity contribution in [1.29, 1.82) is 0 Å². The van der Waals surface area contributed by atoms with E-state index in [0.717, 1.165) is 4.90 Å². The summed E-state index contributed by atoms with van der Waals surface area (Å²) in [6.45, 7) is 2.00. The van der Waals surface area contributed by atoms with Crippen LogP contribution in [-0.4, -0.2) is 68.0 Å². The van der Waals surface area contributed by atoms with Gasteiger partial charge in [-0.05, 0) is 7.05 Å². The first-order valence-corrected chi connectivity index (χ1v) is 4.90. The first-order valence-electron chi connectivity index (χ1n) is 4.90. The fourth-order valence-electron chi connectivity index (χ4n) is 1.27. The number of nitrogens with zero attached hydrogens (tertiary/aromatic N) is 2. The Balaban J connectivity index is 2.35. The fourth-order valence-corrected chi connectivity index (χ4v) is 1.27. The number of rotatable bonds is 6. The molecular weight excluding hydrogens is 214 g/mol. The van der Waals surface area contributed by atoms with Gasteiger partial charge in [-0.25, -0.2) is 4.79 Å². The summed E-state index contributed by atoms with van der Waals surface area (Å²) in [5.74, 6) is -1.64. The molecule has 0 unspecified atom stereocenters. The Morgan fingerprint density at radius 3 is 2.50 bits per heavy atom. The number of urea groups is 1. The summed E-state index contributed by atoms with van der Waals surface area (Å²) in [7, 11) is 3.45. The zero-order valence-electron chi connectivity index (χ0n) is 9.36. The monoisotopic (exact) mass is 229 g/mol. The number of ether oxygens (including phenoxy) is 1. The highest BCUT2D eigenvalue weighted by Crippen LogP contribution is 2.00. The van der Waals surface area contributed by atoms with Gasteiger partial charge in [-0.2, -0.15) is 0 Å². The van der Waals surface area contributed by atoms with Gasteiger partial charge in [0.25, 0.3) is 0 Å². The molecule has 1 heterocycles. The summed E-state index contributed by atoms with van der Waals surface area (Å²) in [4.78, 5) is 36.0. The number of nitrogens with one attached hydrogen (secondary N) is 1. The molecule has 0 aliphatic carbocycles. The van der Waals surface area contributed by atoms with E-state index in [0.29, 0.717) is 19.7 Å². The maximum absolute atomic E-state index is 11.2. The van der Waals surface area contributed by atoms with Crippen molar-refractivity contribution < 1.29 is 19.1 Å². The van der Waals surface area contributed by atoms with Crippen LogP contribution in [0.2, 0.25) is 0 Å². The second-order valence-electron chi connectivity index (χ2n) is 3.51. The van der Waals surface area contributed by atoms with E-state index >= 15 is 0 Å². The molecule has 7 nitrogen and oxygen atoms in total. The Bertz CT molecular complexity index is 305. The second-order valence-corrected chi connectivity index (χ2v) is 3.51. The lowest BCUT2D eigenvalue weighted by Crippen LogP contribution is -2.38.